The molecule has 110 valence electrons. The molecule has 2 nitrogen and oxygen atoms in total. The van der Waals surface area contributed by atoms with Gasteiger partial charge in [0.25, 0.3) is 0 Å². The minimum Gasteiger partial charge on any atom is -0.296 e. The van der Waals surface area contributed by atoms with Gasteiger partial charge >= 0.3 is 0 Å². The van der Waals surface area contributed by atoms with Crippen LogP contribution in [0.5, 0.6) is 0 Å². The Hall–Kier alpha value is -1.67. The Bertz CT molecular complexity index is 589. The molecule has 1 saturated heterocycles. The molecule has 0 radical (unpaired) electrons. The molecule has 2 heterocycles. The van der Waals surface area contributed by atoms with E-state index >= 15 is 0 Å². The molecule has 1 atom stereocenters. The van der Waals surface area contributed by atoms with Crippen molar-refractivity contribution in [2.45, 2.75) is 45.7 Å². The number of aromatic nitrogens is 1. The molecule has 21 heavy (non-hydrogen) atoms. The van der Waals surface area contributed by atoms with E-state index in [0.29, 0.717) is 6.04 Å². The van der Waals surface area contributed by atoms with Gasteiger partial charge in [-0.25, -0.2) is 0 Å². The van der Waals surface area contributed by atoms with E-state index in [0.717, 1.165) is 6.54 Å². The van der Waals surface area contributed by atoms with Gasteiger partial charge in [-0.15, -0.1) is 0 Å². The second-order valence-corrected chi connectivity index (χ2v) is 6.26. The van der Waals surface area contributed by atoms with Crippen molar-refractivity contribution in [3.8, 4) is 11.1 Å². The third-order valence-electron chi connectivity index (χ3n) is 4.51. The third-order valence-corrected chi connectivity index (χ3v) is 4.51. The Balaban J connectivity index is 1.78. The molecule has 1 unspecified atom stereocenters. The quantitative estimate of drug-likeness (QED) is 0.826. The largest absolute Gasteiger partial charge is 0.296 e. The number of hydrogen-bond acceptors (Lipinski definition) is 2. The van der Waals surface area contributed by atoms with E-state index in [1.165, 1.54) is 48.1 Å². The van der Waals surface area contributed by atoms with Crippen LogP contribution in [0.25, 0.3) is 11.1 Å². The molecule has 1 aliphatic heterocycles. The SMILES string of the molecule is Cc1ccc(-c2cncc(CN3CCCCC3C)c2)cc1. The zero-order chi connectivity index (χ0) is 14.7. The highest BCUT2D eigenvalue weighted by Crippen LogP contribution is 2.23. The van der Waals surface area contributed by atoms with Crippen LogP contribution < -0.4 is 0 Å². The summed E-state index contributed by atoms with van der Waals surface area (Å²) in [5, 5.41) is 0. The summed E-state index contributed by atoms with van der Waals surface area (Å²) in [5.41, 5.74) is 5.09. The number of nitrogens with zero attached hydrogens (tertiary/aromatic N) is 2. The highest BCUT2D eigenvalue weighted by Gasteiger charge is 2.18. The molecule has 1 aromatic carbocycles. The van der Waals surface area contributed by atoms with Crippen molar-refractivity contribution < 1.29 is 0 Å². The number of pyridine rings is 1. The Morgan fingerprint density at radius 2 is 1.90 bits per heavy atom. The van der Waals surface area contributed by atoms with Gasteiger partial charge in [-0.05, 0) is 50.4 Å². The van der Waals surface area contributed by atoms with Gasteiger partial charge in [-0.3, -0.25) is 9.88 Å². The molecular formula is C19H24N2. The van der Waals surface area contributed by atoms with E-state index in [9.17, 15) is 0 Å². The molecule has 0 saturated carbocycles. The van der Waals surface area contributed by atoms with E-state index in [1.54, 1.807) is 0 Å². The van der Waals surface area contributed by atoms with Gasteiger partial charge in [0, 0.05) is 30.5 Å². The van der Waals surface area contributed by atoms with Gasteiger partial charge in [0.05, 0.1) is 0 Å². The van der Waals surface area contributed by atoms with Crippen LogP contribution in [0, 0.1) is 6.92 Å². The van der Waals surface area contributed by atoms with Crippen molar-refractivity contribution in [3.63, 3.8) is 0 Å². The van der Waals surface area contributed by atoms with Crippen LogP contribution in [0.1, 0.15) is 37.3 Å². The number of rotatable bonds is 3. The maximum absolute atomic E-state index is 4.45. The van der Waals surface area contributed by atoms with Crippen LogP contribution in [-0.4, -0.2) is 22.5 Å². The van der Waals surface area contributed by atoms with Gasteiger partial charge in [0.15, 0.2) is 0 Å². The molecule has 1 aromatic heterocycles. The molecule has 0 aliphatic carbocycles. The monoisotopic (exact) mass is 280 g/mol. The van der Waals surface area contributed by atoms with Crippen LogP contribution in [0.4, 0.5) is 0 Å². The normalized spacial score (nSPS) is 19.6. The average molecular weight is 280 g/mol. The fraction of sp³-hybridized carbons (Fsp3) is 0.421. The summed E-state index contributed by atoms with van der Waals surface area (Å²) in [6, 6.07) is 11.7. The Morgan fingerprint density at radius 3 is 2.67 bits per heavy atom. The number of aryl methyl sites for hydroxylation is 1. The standard InChI is InChI=1S/C19H24N2/c1-15-6-8-18(9-7-15)19-11-17(12-20-13-19)14-21-10-4-3-5-16(21)2/h6-9,11-13,16H,3-5,10,14H2,1-2H3. The molecule has 1 aliphatic rings. The van der Waals surface area contributed by atoms with Crippen molar-refractivity contribution in [2.24, 2.45) is 0 Å². The van der Waals surface area contributed by atoms with Gasteiger partial charge in [-0.1, -0.05) is 36.2 Å². The fourth-order valence-corrected chi connectivity index (χ4v) is 3.10. The van der Waals surface area contributed by atoms with Crippen molar-refractivity contribution in [3.05, 3.63) is 53.9 Å². The van der Waals surface area contributed by atoms with Crippen LogP contribution in [-0.2, 0) is 6.54 Å². The van der Waals surface area contributed by atoms with Crippen molar-refractivity contribution in [1.82, 2.24) is 9.88 Å². The van der Waals surface area contributed by atoms with Crippen molar-refractivity contribution in [2.75, 3.05) is 6.54 Å². The van der Waals surface area contributed by atoms with Gasteiger partial charge < -0.3 is 0 Å². The van der Waals surface area contributed by atoms with E-state index < -0.39 is 0 Å². The molecule has 2 aromatic rings. The maximum Gasteiger partial charge on any atom is 0.0346 e. The molecule has 1 fully saturated rings. The molecule has 2 heteroatoms. The highest BCUT2D eigenvalue weighted by molar-refractivity contribution is 5.63. The molecule has 0 N–H and O–H groups in total. The van der Waals surface area contributed by atoms with Gasteiger partial charge in [-0.2, -0.15) is 0 Å². The summed E-state index contributed by atoms with van der Waals surface area (Å²) in [6.45, 7) is 6.70. The summed E-state index contributed by atoms with van der Waals surface area (Å²) in [7, 11) is 0. The minimum absolute atomic E-state index is 0.696. The van der Waals surface area contributed by atoms with Gasteiger partial charge in [0.1, 0.15) is 0 Å². The topological polar surface area (TPSA) is 16.1 Å². The van der Waals surface area contributed by atoms with Gasteiger partial charge in [0.2, 0.25) is 0 Å². The first kappa shape index (κ1) is 14.3. The number of likely N-dealkylation sites (tertiary alicyclic amines) is 1. The van der Waals surface area contributed by atoms with Crippen LogP contribution >= 0.6 is 0 Å². The molecule has 0 spiro atoms. The number of hydrogen-bond donors (Lipinski definition) is 0. The minimum atomic E-state index is 0.696. The first-order valence-electron chi connectivity index (χ1n) is 7.97. The van der Waals surface area contributed by atoms with E-state index in [-0.39, 0.29) is 0 Å². The lowest BCUT2D eigenvalue weighted by molar-refractivity contribution is 0.152. The predicted molar refractivity (Wildman–Crippen MR) is 88.1 cm³/mol. The third kappa shape index (κ3) is 3.51. The summed E-state index contributed by atoms with van der Waals surface area (Å²) < 4.78 is 0. The highest BCUT2D eigenvalue weighted by atomic mass is 15.2. The second kappa shape index (κ2) is 6.40. The number of piperidine rings is 1. The van der Waals surface area contributed by atoms with E-state index in [4.69, 9.17) is 0 Å². The Morgan fingerprint density at radius 1 is 1.10 bits per heavy atom. The zero-order valence-corrected chi connectivity index (χ0v) is 13.0. The van der Waals surface area contributed by atoms with Crippen LogP contribution in [0.3, 0.4) is 0 Å². The Kier molecular flexibility index (Phi) is 4.35. The predicted octanol–water partition coefficient (Wildman–Crippen LogP) is 4.43. The lowest BCUT2D eigenvalue weighted by Crippen LogP contribution is -2.36. The van der Waals surface area contributed by atoms with Crippen molar-refractivity contribution in [1.29, 1.82) is 0 Å². The maximum atomic E-state index is 4.45. The van der Waals surface area contributed by atoms with Crippen LogP contribution in [0.2, 0.25) is 0 Å². The van der Waals surface area contributed by atoms with E-state index in [2.05, 4.69) is 54.1 Å². The second-order valence-electron chi connectivity index (χ2n) is 6.26. The van der Waals surface area contributed by atoms with Crippen LogP contribution in [0.15, 0.2) is 42.7 Å². The fourth-order valence-electron chi connectivity index (χ4n) is 3.10. The lowest BCUT2D eigenvalue weighted by Gasteiger charge is -2.33. The summed E-state index contributed by atoms with van der Waals surface area (Å²) >= 11 is 0. The molecule has 3 rings (SSSR count). The number of benzene rings is 1. The Labute approximate surface area is 127 Å². The average Bonchev–Trinajstić information content (AvgIpc) is 2.51. The first-order valence-corrected chi connectivity index (χ1v) is 7.97. The summed E-state index contributed by atoms with van der Waals surface area (Å²) in [6.07, 6.45) is 8.01. The van der Waals surface area contributed by atoms with E-state index in [1.807, 2.05) is 12.4 Å². The van der Waals surface area contributed by atoms with Crippen molar-refractivity contribution >= 4 is 0 Å². The first-order chi connectivity index (χ1) is 10.2. The molecular weight excluding hydrogens is 256 g/mol. The summed E-state index contributed by atoms with van der Waals surface area (Å²) in [5.74, 6) is 0. The smallest absolute Gasteiger partial charge is 0.0346 e. The molecule has 0 bridgehead atoms. The zero-order valence-electron chi connectivity index (χ0n) is 13.0. The molecule has 0 amide bonds. The lowest BCUT2D eigenvalue weighted by atomic mass is 10.0. The summed E-state index contributed by atoms with van der Waals surface area (Å²) in [4.78, 5) is 7.03.